The Morgan fingerprint density at radius 3 is 2.75 bits per heavy atom. The molecule has 2 aromatic heterocycles. The Balaban J connectivity index is 1.65. The summed E-state index contributed by atoms with van der Waals surface area (Å²) in [6.45, 7) is 4.64. The monoisotopic (exact) mass is 352 g/mol. The second kappa shape index (κ2) is 6.78. The SMILES string of the molecule is Cc1noc(C)c1S(=O)(=O)Nc1ccc(NCC2CCCO2)nc1. The molecule has 0 aliphatic carbocycles. The van der Waals surface area contributed by atoms with Gasteiger partial charge in [0.15, 0.2) is 10.7 Å². The highest BCUT2D eigenvalue weighted by atomic mass is 32.2. The van der Waals surface area contributed by atoms with Gasteiger partial charge in [-0.15, -0.1) is 0 Å². The third kappa shape index (κ3) is 3.68. The van der Waals surface area contributed by atoms with Crippen LogP contribution < -0.4 is 10.0 Å². The minimum atomic E-state index is -3.76. The fourth-order valence-corrected chi connectivity index (χ4v) is 4.02. The molecule has 1 aliphatic rings. The smallest absolute Gasteiger partial charge is 0.267 e. The predicted molar refractivity (Wildman–Crippen MR) is 88.5 cm³/mol. The molecule has 2 N–H and O–H groups in total. The van der Waals surface area contributed by atoms with Crippen LogP contribution in [0.4, 0.5) is 11.5 Å². The van der Waals surface area contributed by atoms with Gasteiger partial charge in [-0.05, 0) is 38.8 Å². The highest BCUT2D eigenvalue weighted by molar-refractivity contribution is 7.92. The molecule has 130 valence electrons. The highest BCUT2D eigenvalue weighted by Crippen LogP contribution is 2.22. The van der Waals surface area contributed by atoms with Crippen molar-refractivity contribution in [3.8, 4) is 0 Å². The van der Waals surface area contributed by atoms with Gasteiger partial charge in [0.1, 0.15) is 11.5 Å². The van der Waals surface area contributed by atoms with Crippen LogP contribution in [0, 0.1) is 13.8 Å². The van der Waals surface area contributed by atoms with Gasteiger partial charge < -0.3 is 14.6 Å². The number of hydrogen-bond donors (Lipinski definition) is 2. The number of aryl methyl sites for hydroxylation is 2. The summed E-state index contributed by atoms with van der Waals surface area (Å²) in [5.74, 6) is 0.925. The van der Waals surface area contributed by atoms with Gasteiger partial charge in [-0.3, -0.25) is 4.72 Å². The number of hydrogen-bond acceptors (Lipinski definition) is 7. The first-order chi connectivity index (χ1) is 11.5. The van der Waals surface area contributed by atoms with Gasteiger partial charge in [0.05, 0.1) is 18.0 Å². The molecule has 0 bridgehead atoms. The maximum Gasteiger partial charge on any atom is 0.267 e. The van der Waals surface area contributed by atoms with Gasteiger partial charge in [-0.2, -0.15) is 0 Å². The average molecular weight is 352 g/mol. The van der Waals surface area contributed by atoms with Gasteiger partial charge in [0.25, 0.3) is 10.0 Å². The lowest BCUT2D eigenvalue weighted by molar-refractivity contribution is 0.120. The third-order valence-corrected chi connectivity index (χ3v) is 5.41. The minimum Gasteiger partial charge on any atom is -0.376 e. The van der Waals surface area contributed by atoms with Gasteiger partial charge in [-0.1, -0.05) is 5.16 Å². The van der Waals surface area contributed by atoms with E-state index in [1.54, 1.807) is 26.0 Å². The van der Waals surface area contributed by atoms with E-state index in [1.807, 2.05) is 0 Å². The summed E-state index contributed by atoms with van der Waals surface area (Å²) in [6, 6.07) is 3.38. The molecular formula is C15H20N4O4S. The normalized spacial score (nSPS) is 17.8. The van der Waals surface area contributed by atoms with Crippen molar-refractivity contribution in [2.24, 2.45) is 0 Å². The number of rotatable bonds is 6. The molecule has 0 saturated carbocycles. The van der Waals surface area contributed by atoms with Crippen molar-refractivity contribution >= 4 is 21.5 Å². The first-order valence-corrected chi connectivity index (χ1v) is 9.21. The number of nitrogens with one attached hydrogen (secondary N) is 2. The molecule has 1 saturated heterocycles. The second-order valence-corrected chi connectivity index (χ2v) is 7.33. The van der Waals surface area contributed by atoms with Crippen LogP contribution in [0.2, 0.25) is 0 Å². The molecule has 0 spiro atoms. The molecule has 0 radical (unpaired) electrons. The fraction of sp³-hybridized carbons (Fsp3) is 0.467. The maximum atomic E-state index is 12.4. The molecule has 1 atom stereocenters. The molecular weight excluding hydrogens is 332 g/mol. The van der Waals surface area contributed by atoms with E-state index in [1.165, 1.54) is 6.20 Å². The van der Waals surface area contributed by atoms with Crippen molar-refractivity contribution in [1.82, 2.24) is 10.1 Å². The molecule has 1 unspecified atom stereocenters. The number of nitrogens with zero attached hydrogens (tertiary/aromatic N) is 2. The van der Waals surface area contributed by atoms with Crippen LogP contribution in [0.15, 0.2) is 27.7 Å². The summed E-state index contributed by atoms with van der Waals surface area (Å²) < 4.78 is 37.8. The lowest BCUT2D eigenvalue weighted by atomic mass is 10.2. The van der Waals surface area contributed by atoms with Crippen molar-refractivity contribution < 1.29 is 17.7 Å². The lowest BCUT2D eigenvalue weighted by Gasteiger charge is -2.12. The van der Waals surface area contributed by atoms with E-state index >= 15 is 0 Å². The van der Waals surface area contributed by atoms with Gasteiger partial charge >= 0.3 is 0 Å². The molecule has 1 aliphatic heterocycles. The summed E-state index contributed by atoms with van der Waals surface area (Å²) >= 11 is 0. The molecule has 9 heteroatoms. The Morgan fingerprint density at radius 1 is 1.33 bits per heavy atom. The van der Waals surface area contributed by atoms with E-state index < -0.39 is 10.0 Å². The highest BCUT2D eigenvalue weighted by Gasteiger charge is 2.24. The van der Waals surface area contributed by atoms with Crippen LogP contribution in [0.1, 0.15) is 24.3 Å². The quantitative estimate of drug-likeness (QED) is 0.819. The Hall–Kier alpha value is -2.13. The molecule has 3 heterocycles. The zero-order valence-electron chi connectivity index (χ0n) is 13.6. The van der Waals surface area contributed by atoms with Crippen LogP contribution in [0.3, 0.4) is 0 Å². The number of anilines is 2. The molecule has 1 fully saturated rings. The first kappa shape index (κ1) is 16.7. The van der Waals surface area contributed by atoms with E-state index in [4.69, 9.17) is 9.26 Å². The minimum absolute atomic E-state index is 0.0584. The van der Waals surface area contributed by atoms with E-state index in [0.29, 0.717) is 23.7 Å². The van der Waals surface area contributed by atoms with Crippen molar-refractivity contribution in [2.45, 2.75) is 37.7 Å². The van der Waals surface area contributed by atoms with E-state index in [0.717, 1.165) is 19.4 Å². The summed E-state index contributed by atoms with van der Waals surface area (Å²) in [6.07, 6.45) is 3.81. The summed E-state index contributed by atoms with van der Waals surface area (Å²) in [4.78, 5) is 4.28. The Kier molecular flexibility index (Phi) is 4.72. The number of pyridine rings is 1. The summed E-state index contributed by atoms with van der Waals surface area (Å²) in [5, 5.41) is 6.85. The largest absolute Gasteiger partial charge is 0.376 e. The van der Waals surface area contributed by atoms with Gasteiger partial charge in [0, 0.05) is 13.2 Å². The van der Waals surface area contributed by atoms with E-state index in [2.05, 4.69) is 20.2 Å². The Labute approximate surface area is 140 Å². The van der Waals surface area contributed by atoms with Crippen LogP contribution in [0.25, 0.3) is 0 Å². The lowest BCUT2D eigenvalue weighted by Crippen LogP contribution is -2.19. The zero-order chi connectivity index (χ0) is 17.2. The van der Waals surface area contributed by atoms with Crippen LogP contribution in [-0.2, 0) is 14.8 Å². The standard InChI is InChI=1S/C15H20N4O4S/c1-10-15(11(2)23-18-10)24(20,21)19-12-5-6-14(16-8-12)17-9-13-4-3-7-22-13/h5-6,8,13,19H,3-4,7,9H2,1-2H3,(H,16,17). The van der Waals surface area contributed by atoms with Crippen molar-refractivity contribution in [1.29, 1.82) is 0 Å². The first-order valence-electron chi connectivity index (χ1n) is 7.73. The molecule has 3 rings (SSSR count). The molecule has 8 nitrogen and oxygen atoms in total. The van der Waals surface area contributed by atoms with Crippen molar-refractivity contribution in [3.63, 3.8) is 0 Å². The van der Waals surface area contributed by atoms with Crippen LogP contribution in [-0.4, -0.2) is 37.8 Å². The van der Waals surface area contributed by atoms with Crippen LogP contribution >= 0.6 is 0 Å². The number of ether oxygens (including phenoxy) is 1. The van der Waals surface area contributed by atoms with E-state index in [-0.39, 0.29) is 16.8 Å². The molecule has 24 heavy (non-hydrogen) atoms. The summed E-state index contributed by atoms with van der Waals surface area (Å²) in [7, 11) is -3.76. The Bertz CT molecular complexity index is 776. The molecule has 0 aromatic carbocycles. The van der Waals surface area contributed by atoms with Gasteiger partial charge in [0.2, 0.25) is 0 Å². The van der Waals surface area contributed by atoms with Crippen molar-refractivity contribution in [3.05, 3.63) is 29.8 Å². The Morgan fingerprint density at radius 2 is 2.17 bits per heavy atom. The third-order valence-electron chi connectivity index (χ3n) is 3.79. The summed E-state index contributed by atoms with van der Waals surface area (Å²) in [5.41, 5.74) is 0.695. The predicted octanol–water partition coefficient (Wildman–Crippen LogP) is 2.08. The van der Waals surface area contributed by atoms with Crippen molar-refractivity contribution in [2.75, 3.05) is 23.2 Å². The number of sulfonamides is 1. The average Bonchev–Trinajstić information content (AvgIpc) is 3.16. The zero-order valence-corrected chi connectivity index (χ0v) is 14.4. The van der Waals surface area contributed by atoms with Gasteiger partial charge in [-0.25, -0.2) is 13.4 Å². The number of aromatic nitrogens is 2. The topological polar surface area (TPSA) is 106 Å². The molecule has 2 aromatic rings. The second-order valence-electron chi connectivity index (χ2n) is 5.71. The molecule has 0 amide bonds. The maximum absolute atomic E-state index is 12.4. The van der Waals surface area contributed by atoms with E-state index in [9.17, 15) is 8.42 Å². The fourth-order valence-electron chi connectivity index (χ4n) is 2.65. The van der Waals surface area contributed by atoms with Crippen LogP contribution in [0.5, 0.6) is 0 Å².